The van der Waals surface area contributed by atoms with Crippen LogP contribution in [0.4, 0.5) is 8.78 Å². The van der Waals surface area contributed by atoms with Crippen LogP contribution in [-0.4, -0.2) is 39.1 Å². The van der Waals surface area contributed by atoms with Gasteiger partial charge in [0.05, 0.1) is 16.7 Å². The Hall–Kier alpha value is -4.29. The zero-order valence-corrected chi connectivity index (χ0v) is 23.7. The van der Waals surface area contributed by atoms with Gasteiger partial charge >= 0.3 is 5.97 Å². The molecule has 3 N–H and O–H groups in total. The molecular formula is C30H23Cl2F2N3O6. The Balaban J connectivity index is 1.40. The van der Waals surface area contributed by atoms with Crippen LogP contribution in [0.25, 0.3) is 22.2 Å². The highest BCUT2D eigenvalue weighted by atomic mass is 35.5. The summed E-state index contributed by atoms with van der Waals surface area (Å²) in [6.07, 6.45) is 0. The van der Waals surface area contributed by atoms with Gasteiger partial charge < -0.3 is 19.7 Å². The van der Waals surface area contributed by atoms with Crippen LogP contribution in [0.5, 0.6) is 11.5 Å². The molecular weight excluding hydrogens is 607 g/mol. The predicted molar refractivity (Wildman–Crippen MR) is 154 cm³/mol. The fraction of sp³-hybridized carbons (Fsp3) is 0.167. The van der Waals surface area contributed by atoms with Crippen molar-refractivity contribution in [2.75, 3.05) is 6.61 Å². The lowest BCUT2D eigenvalue weighted by Gasteiger charge is -2.18. The van der Waals surface area contributed by atoms with Crippen LogP contribution in [0.1, 0.15) is 16.7 Å². The maximum atomic E-state index is 14.5. The number of carbonyl (C=O) groups is 1. The van der Waals surface area contributed by atoms with E-state index in [9.17, 15) is 23.8 Å². The van der Waals surface area contributed by atoms with Gasteiger partial charge in [-0.15, -0.1) is 0 Å². The molecule has 0 aliphatic heterocycles. The molecule has 1 heterocycles. The number of aliphatic hydroxyl groups excluding tert-OH is 1. The summed E-state index contributed by atoms with van der Waals surface area (Å²) < 4.78 is 45.1. The minimum Gasteiger partial charge on any atom is -0.488 e. The van der Waals surface area contributed by atoms with Crippen molar-refractivity contribution in [2.24, 2.45) is 0 Å². The van der Waals surface area contributed by atoms with Gasteiger partial charge in [0, 0.05) is 34.9 Å². The minimum absolute atomic E-state index is 0.00612. The molecule has 5 rings (SSSR count). The van der Waals surface area contributed by atoms with Gasteiger partial charge in [0.25, 0.3) is 0 Å². The van der Waals surface area contributed by atoms with Crippen LogP contribution >= 0.6 is 23.2 Å². The van der Waals surface area contributed by atoms with Crippen LogP contribution in [0.3, 0.4) is 0 Å². The molecule has 0 aliphatic rings. The maximum absolute atomic E-state index is 14.5. The van der Waals surface area contributed by atoms with E-state index in [2.05, 4.69) is 15.6 Å². The van der Waals surface area contributed by atoms with Crippen LogP contribution in [0.15, 0.2) is 71.4 Å². The number of nitrogens with one attached hydrogen (secondary N) is 1. The summed E-state index contributed by atoms with van der Waals surface area (Å²) in [6, 6.07) is 15.9. The monoisotopic (exact) mass is 629 g/mol. The third-order valence-electron chi connectivity index (χ3n) is 6.55. The van der Waals surface area contributed by atoms with Crippen molar-refractivity contribution < 1.29 is 37.9 Å². The largest absolute Gasteiger partial charge is 0.488 e. The van der Waals surface area contributed by atoms with E-state index in [1.54, 1.807) is 48.5 Å². The molecule has 0 unspecified atom stereocenters. The second-order valence-corrected chi connectivity index (χ2v) is 10.2. The Morgan fingerprint density at radius 1 is 0.907 bits per heavy atom. The summed E-state index contributed by atoms with van der Waals surface area (Å²) in [5.41, 5.74) is 3.20. The van der Waals surface area contributed by atoms with Gasteiger partial charge in [-0.2, -0.15) is 0 Å². The molecule has 222 valence electrons. The Morgan fingerprint density at radius 2 is 1.65 bits per heavy atom. The first-order chi connectivity index (χ1) is 20.7. The molecule has 43 heavy (non-hydrogen) atoms. The minimum atomic E-state index is -1.22. The van der Waals surface area contributed by atoms with Gasteiger partial charge in [0.15, 0.2) is 11.6 Å². The first kappa shape index (κ1) is 30.2. The number of hydrogen-bond donors (Lipinski definition) is 3. The molecule has 0 amide bonds. The summed E-state index contributed by atoms with van der Waals surface area (Å²) in [5.74, 6) is -2.67. The zero-order chi connectivity index (χ0) is 30.5. The van der Waals surface area contributed by atoms with E-state index >= 15 is 0 Å². The highest BCUT2D eigenvalue weighted by Crippen LogP contribution is 2.37. The van der Waals surface area contributed by atoms with Crippen LogP contribution < -0.4 is 14.8 Å². The first-order valence-corrected chi connectivity index (χ1v) is 13.6. The molecule has 0 spiro atoms. The summed E-state index contributed by atoms with van der Waals surface area (Å²) in [6.45, 7) is -0.578. The SMILES string of the molecule is O=C(O)[C@@H](CO)NCc1cc(Cl)c(OCc2cccc(-c3cccc(F)c3F)c2Cl)cc1OCc1ccc2nonc2c1. The van der Waals surface area contributed by atoms with Crippen molar-refractivity contribution in [3.63, 3.8) is 0 Å². The Morgan fingerprint density at radius 3 is 2.44 bits per heavy atom. The maximum Gasteiger partial charge on any atom is 0.323 e. The molecule has 1 atom stereocenters. The van der Waals surface area contributed by atoms with Crippen molar-refractivity contribution in [1.82, 2.24) is 15.6 Å². The number of fused-ring (bicyclic) bond motifs is 1. The lowest BCUT2D eigenvalue weighted by Crippen LogP contribution is -2.39. The Labute approximate surface area is 253 Å². The second kappa shape index (κ2) is 13.3. The van der Waals surface area contributed by atoms with E-state index in [-0.39, 0.29) is 41.1 Å². The number of rotatable bonds is 12. The van der Waals surface area contributed by atoms with E-state index in [4.69, 9.17) is 37.3 Å². The number of aliphatic carboxylic acids is 1. The molecule has 0 saturated heterocycles. The molecule has 5 aromatic rings. The standard InChI is InChI=1S/C30H23Cl2F2N3O6/c31-21-10-18(12-35-25(13-38)30(39)40)26(41-14-16-7-8-23-24(9-16)37-43-36-23)11-27(21)42-15-17-3-1-4-19(28(17)32)20-5-2-6-22(33)29(20)34/h1-11,25,35,38H,12-15H2,(H,39,40)/t25-/m1/s1. The van der Waals surface area contributed by atoms with Crippen molar-refractivity contribution >= 4 is 40.2 Å². The van der Waals surface area contributed by atoms with E-state index in [0.717, 1.165) is 11.6 Å². The van der Waals surface area contributed by atoms with Crippen molar-refractivity contribution in [1.29, 1.82) is 0 Å². The number of halogens is 4. The van der Waals surface area contributed by atoms with Crippen molar-refractivity contribution in [3.8, 4) is 22.6 Å². The summed E-state index contributed by atoms with van der Waals surface area (Å²) >= 11 is 13.1. The van der Waals surface area contributed by atoms with E-state index in [1.165, 1.54) is 12.1 Å². The number of aromatic nitrogens is 2. The number of nitrogens with zero attached hydrogens (tertiary/aromatic N) is 2. The van der Waals surface area contributed by atoms with E-state index in [0.29, 0.717) is 33.5 Å². The van der Waals surface area contributed by atoms with Gasteiger partial charge in [-0.05, 0) is 40.1 Å². The lowest BCUT2D eigenvalue weighted by molar-refractivity contribution is -0.140. The molecule has 0 fully saturated rings. The molecule has 0 saturated carbocycles. The van der Waals surface area contributed by atoms with Crippen LogP contribution in [-0.2, 0) is 24.6 Å². The average molecular weight is 630 g/mol. The molecule has 0 radical (unpaired) electrons. The smallest absolute Gasteiger partial charge is 0.323 e. The van der Waals surface area contributed by atoms with Gasteiger partial charge in [0.2, 0.25) is 0 Å². The fourth-order valence-corrected chi connectivity index (χ4v) is 4.79. The van der Waals surface area contributed by atoms with Crippen LogP contribution in [0.2, 0.25) is 10.0 Å². The lowest BCUT2D eigenvalue weighted by atomic mass is 10.0. The number of benzene rings is 4. The normalized spacial score (nSPS) is 11.9. The molecule has 1 aromatic heterocycles. The molecule has 4 aromatic carbocycles. The second-order valence-electron chi connectivity index (χ2n) is 9.39. The number of carboxylic acid groups (broad SMARTS) is 1. The van der Waals surface area contributed by atoms with Crippen molar-refractivity contribution in [3.05, 3.63) is 105 Å². The number of ether oxygens (including phenoxy) is 2. The zero-order valence-electron chi connectivity index (χ0n) is 22.2. The van der Waals surface area contributed by atoms with Gasteiger partial charge in [0.1, 0.15) is 41.8 Å². The first-order valence-electron chi connectivity index (χ1n) is 12.8. The third-order valence-corrected chi connectivity index (χ3v) is 7.29. The van der Waals surface area contributed by atoms with Crippen molar-refractivity contribution in [2.45, 2.75) is 25.8 Å². The summed E-state index contributed by atoms with van der Waals surface area (Å²) in [4.78, 5) is 11.4. The topological polar surface area (TPSA) is 127 Å². The number of hydrogen-bond acceptors (Lipinski definition) is 8. The third kappa shape index (κ3) is 6.86. The Kier molecular flexibility index (Phi) is 9.37. The molecule has 0 aliphatic carbocycles. The van der Waals surface area contributed by atoms with Gasteiger partial charge in [-0.25, -0.2) is 13.4 Å². The predicted octanol–water partition coefficient (Wildman–Crippen LogP) is 6.17. The Bertz CT molecular complexity index is 1780. The highest BCUT2D eigenvalue weighted by molar-refractivity contribution is 6.34. The van der Waals surface area contributed by atoms with Gasteiger partial charge in [-0.1, -0.05) is 59.6 Å². The van der Waals surface area contributed by atoms with E-state index < -0.39 is 30.3 Å². The quantitative estimate of drug-likeness (QED) is 0.148. The van der Waals surface area contributed by atoms with Crippen LogP contribution in [0, 0.1) is 11.6 Å². The molecule has 9 nitrogen and oxygen atoms in total. The summed E-state index contributed by atoms with van der Waals surface area (Å²) in [5, 5.41) is 29.4. The van der Waals surface area contributed by atoms with Gasteiger partial charge in [-0.3, -0.25) is 10.1 Å². The number of aliphatic hydroxyl groups is 1. The van der Waals surface area contributed by atoms with E-state index in [1.807, 2.05) is 0 Å². The average Bonchev–Trinajstić information content (AvgIpc) is 3.46. The highest BCUT2D eigenvalue weighted by Gasteiger charge is 2.19. The molecule has 0 bridgehead atoms. The number of carboxylic acids is 1. The molecule has 13 heteroatoms. The fourth-order valence-electron chi connectivity index (χ4n) is 4.27. The summed E-state index contributed by atoms with van der Waals surface area (Å²) in [7, 11) is 0.